The zero-order chi connectivity index (χ0) is 23.0. The van der Waals surface area contributed by atoms with Crippen molar-refractivity contribution in [2.45, 2.75) is 31.0 Å². The highest BCUT2D eigenvalue weighted by Gasteiger charge is 2.34. The highest BCUT2D eigenvalue weighted by Crippen LogP contribution is 2.38. The Morgan fingerprint density at radius 3 is 2.53 bits per heavy atom. The molecule has 1 fully saturated rings. The minimum atomic E-state index is -4.13. The van der Waals surface area contributed by atoms with Gasteiger partial charge in [-0.1, -0.05) is 18.2 Å². The van der Waals surface area contributed by atoms with Crippen LogP contribution in [0.15, 0.2) is 57.6 Å². The van der Waals surface area contributed by atoms with Gasteiger partial charge in [-0.15, -0.1) is 10.2 Å². The lowest BCUT2D eigenvalue weighted by molar-refractivity contribution is -0.385. The van der Waals surface area contributed by atoms with Gasteiger partial charge in [-0.25, -0.2) is 8.42 Å². The number of aromatic hydroxyl groups is 1. The number of nitrogens with zero attached hydrogens (tertiary/aromatic N) is 4. The molecule has 0 bridgehead atoms. The van der Waals surface area contributed by atoms with Crippen LogP contribution in [0.25, 0.3) is 10.9 Å². The quantitative estimate of drug-likeness (QED) is 0.334. The summed E-state index contributed by atoms with van der Waals surface area (Å²) in [5, 5.41) is 30.2. The topological polar surface area (TPSA) is 150 Å². The molecule has 2 atom stereocenters. The van der Waals surface area contributed by atoms with Crippen LogP contribution in [0.4, 0.5) is 17.1 Å². The molecular weight excluding hydrogens is 438 g/mol. The van der Waals surface area contributed by atoms with Gasteiger partial charge in [0.15, 0.2) is 5.69 Å². The third-order valence-corrected chi connectivity index (χ3v) is 6.94. The molecule has 1 saturated heterocycles. The number of nitrogens with one attached hydrogen (secondary N) is 1. The Kier molecular flexibility index (Phi) is 5.67. The summed E-state index contributed by atoms with van der Waals surface area (Å²) in [5.74, 6) is -0.225. The molecule has 2 N–H and O–H groups in total. The Labute approximate surface area is 183 Å². The fourth-order valence-corrected chi connectivity index (χ4v) is 5.42. The number of hydrogen-bond acceptors (Lipinski definition) is 8. The van der Waals surface area contributed by atoms with Gasteiger partial charge in [-0.05, 0) is 26.0 Å². The molecule has 11 nitrogen and oxygen atoms in total. The highest BCUT2D eigenvalue weighted by molar-refractivity contribution is 7.89. The average Bonchev–Trinajstić information content (AvgIpc) is 3.06. The van der Waals surface area contributed by atoms with Crippen LogP contribution in [0.5, 0.6) is 5.88 Å². The number of ether oxygens (including phenoxy) is 1. The molecule has 2 aromatic carbocycles. The lowest BCUT2D eigenvalue weighted by Crippen LogP contribution is -2.48. The van der Waals surface area contributed by atoms with Crippen LogP contribution >= 0.6 is 0 Å². The molecule has 0 aliphatic carbocycles. The van der Waals surface area contributed by atoms with Gasteiger partial charge in [0.2, 0.25) is 15.9 Å². The summed E-state index contributed by atoms with van der Waals surface area (Å²) in [6.45, 7) is 3.72. The second kappa shape index (κ2) is 8.30. The van der Waals surface area contributed by atoms with Crippen LogP contribution in [-0.4, -0.2) is 53.0 Å². The molecule has 1 aliphatic heterocycles. The Morgan fingerprint density at radius 2 is 1.84 bits per heavy atom. The van der Waals surface area contributed by atoms with Gasteiger partial charge in [0.1, 0.15) is 10.6 Å². The van der Waals surface area contributed by atoms with Crippen LogP contribution in [0.3, 0.4) is 0 Å². The van der Waals surface area contributed by atoms with E-state index in [-0.39, 0.29) is 53.1 Å². The van der Waals surface area contributed by atoms with E-state index in [9.17, 15) is 23.6 Å². The van der Waals surface area contributed by atoms with E-state index in [1.54, 1.807) is 38.1 Å². The predicted molar refractivity (Wildman–Crippen MR) is 116 cm³/mol. The number of fused-ring (bicyclic) bond motifs is 1. The van der Waals surface area contributed by atoms with E-state index in [0.29, 0.717) is 10.9 Å². The summed E-state index contributed by atoms with van der Waals surface area (Å²) in [6.07, 6.45) is -0.666. The number of para-hydroxylation sites is 1. The van der Waals surface area contributed by atoms with Crippen molar-refractivity contribution in [2.75, 3.05) is 13.1 Å². The van der Waals surface area contributed by atoms with Gasteiger partial charge >= 0.3 is 0 Å². The number of nitro benzene ring substituents is 1. The maximum absolute atomic E-state index is 13.4. The molecule has 1 aromatic heterocycles. The van der Waals surface area contributed by atoms with Gasteiger partial charge < -0.3 is 14.8 Å². The van der Waals surface area contributed by atoms with Crippen molar-refractivity contribution in [3.05, 3.63) is 52.6 Å². The van der Waals surface area contributed by atoms with E-state index < -0.39 is 14.9 Å². The largest absolute Gasteiger partial charge is 0.493 e. The van der Waals surface area contributed by atoms with Crippen molar-refractivity contribution in [2.24, 2.45) is 10.2 Å². The highest BCUT2D eigenvalue weighted by atomic mass is 32.2. The molecule has 0 saturated carbocycles. The zero-order valence-corrected chi connectivity index (χ0v) is 18.1. The first-order valence-corrected chi connectivity index (χ1v) is 11.3. The summed E-state index contributed by atoms with van der Waals surface area (Å²) in [5.41, 5.74) is 0.307. The van der Waals surface area contributed by atoms with E-state index in [0.717, 1.165) is 12.1 Å². The van der Waals surface area contributed by atoms with E-state index in [1.165, 1.54) is 10.4 Å². The standard InChI is InChI=1S/C20H21N5O6S/c1-12-10-24(11-13(2)31-12)32(29,30)18-9-14(25(27)28)7-8-17(18)22-23-19-15-5-3-4-6-16(15)21-20(19)26/h3-9,12-13,21,26H,10-11H2,1-2H3/t12-,13+. The summed E-state index contributed by atoms with van der Waals surface area (Å²) in [7, 11) is -4.13. The molecule has 0 amide bonds. The molecular formula is C20H21N5O6S. The van der Waals surface area contributed by atoms with E-state index >= 15 is 0 Å². The van der Waals surface area contributed by atoms with Gasteiger partial charge in [-0.2, -0.15) is 4.31 Å². The molecule has 2 heterocycles. The molecule has 0 unspecified atom stereocenters. The van der Waals surface area contributed by atoms with Crippen molar-refractivity contribution >= 4 is 38.0 Å². The summed E-state index contributed by atoms with van der Waals surface area (Å²) in [4.78, 5) is 13.1. The summed E-state index contributed by atoms with van der Waals surface area (Å²) < 4.78 is 33.6. The third-order valence-electron chi connectivity index (χ3n) is 5.08. The zero-order valence-electron chi connectivity index (χ0n) is 17.3. The number of hydrogen-bond donors (Lipinski definition) is 2. The fraction of sp³-hybridized carbons (Fsp3) is 0.300. The number of rotatable bonds is 5. The van der Waals surface area contributed by atoms with Gasteiger partial charge in [-0.3, -0.25) is 10.1 Å². The van der Waals surface area contributed by atoms with Gasteiger partial charge in [0.05, 0.1) is 22.6 Å². The second-order valence-corrected chi connectivity index (χ2v) is 9.46. The number of aromatic amines is 1. The SMILES string of the molecule is C[C@@H]1CN(S(=O)(=O)c2cc([N+](=O)[O-])ccc2N=Nc2c(O)[nH]c3ccccc23)C[C@H](C)O1. The fourth-order valence-electron chi connectivity index (χ4n) is 3.69. The minimum absolute atomic E-state index is 0.0768. The maximum Gasteiger partial charge on any atom is 0.270 e. The Hall–Kier alpha value is -3.35. The van der Waals surface area contributed by atoms with Crippen molar-refractivity contribution in [1.29, 1.82) is 0 Å². The van der Waals surface area contributed by atoms with Crippen molar-refractivity contribution < 1.29 is 23.2 Å². The van der Waals surface area contributed by atoms with Crippen LogP contribution in [0, 0.1) is 10.1 Å². The monoisotopic (exact) mass is 459 g/mol. The average molecular weight is 459 g/mol. The van der Waals surface area contributed by atoms with Gasteiger partial charge in [0, 0.05) is 30.6 Å². The maximum atomic E-state index is 13.4. The Balaban J connectivity index is 1.80. The van der Waals surface area contributed by atoms with Crippen LogP contribution < -0.4 is 0 Å². The second-order valence-electron chi connectivity index (χ2n) is 7.56. The normalized spacial score (nSPS) is 20.2. The summed E-state index contributed by atoms with van der Waals surface area (Å²) in [6, 6.07) is 10.4. The molecule has 4 rings (SSSR count). The number of morpholine rings is 1. The molecule has 3 aromatic rings. The van der Waals surface area contributed by atoms with Gasteiger partial charge in [0.25, 0.3) is 5.69 Å². The first kappa shape index (κ1) is 21.9. The molecule has 168 valence electrons. The van der Waals surface area contributed by atoms with Crippen LogP contribution in [0.2, 0.25) is 0 Å². The van der Waals surface area contributed by atoms with Crippen molar-refractivity contribution in [3.8, 4) is 5.88 Å². The third kappa shape index (κ3) is 4.07. The first-order valence-electron chi connectivity index (χ1n) is 9.82. The number of non-ortho nitro benzene ring substituents is 1. The lowest BCUT2D eigenvalue weighted by Gasteiger charge is -2.34. The molecule has 32 heavy (non-hydrogen) atoms. The number of H-pyrrole nitrogens is 1. The van der Waals surface area contributed by atoms with Crippen LogP contribution in [0.1, 0.15) is 13.8 Å². The predicted octanol–water partition coefficient (Wildman–Crippen LogP) is 4.00. The number of aromatic nitrogens is 1. The Morgan fingerprint density at radius 1 is 1.16 bits per heavy atom. The number of azo groups is 1. The lowest BCUT2D eigenvalue weighted by atomic mass is 10.2. The van der Waals surface area contributed by atoms with Crippen molar-refractivity contribution in [1.82, 2.24) is 9.29 Å². The number of sulfonamides is 1. The Bertz CT molecular complexity index is 1310. The molecule has 0 radical (unpaired) electrons. The smallest absolute Gasteiger partial charge is 0.270 e. The molecule has 12 heteroatoms. The minimum Gasteiger partial charge on any atom is -0.493 e. The van der Waals surface area contributed by atoms with Crippen LogP contribution in [-0.2, 0) is 14.8 Å². The first-order chi connectivity index (χ1) is 15.2. The summed E-state index contributed by atoms with van der Waals surface area (Å²) >= 11 is 0. The number of nitro groups is 1. The van der Waals surface area contributed by atoms with Crippen molar-refractivity contribution in [3.63, 3.8) is 0 Å². The van der Waals surface area contributed by atoms with E-state index in [4.69, 9.17) is 4.74 Å². The molecule has 1 aliphatic rings. The molecule has 0 spiro atoms. The number of benzene rings is 2. The van der Waals surface area contributed by atoms with E-state index in [2.05, 4.69) is 15.2 Å². The van der Waals surface area contributed by atoms with E-state index in [1.807, 2.05) is 0 Å².